The lowest BCUT2D eigenvalue weighted by molar-refractivity contribution is -0.383. The van der Waals surface area contributed by atoms with Crippen LogP contribution in [0.2, 0.25) is 0 Å². The SMILES string of the molecule is CCCCCCC(=O)O[C@]1(CC)C(=O)OCc2c1cc1n(c2=O)Cc2cc3c([N+](=O)[O-])cccc3nc2-1. The predicted molar refractivity (Wildman–Crippen MR) is 134 cm³/mol. The molecule has 2 aromatic heterocycles. The summed E-state index contributed by atoms with van der Waals surface area (Å²) in [6, 6.07) is 8.03. The number of fused-ring (bicyclic) bond motifs is 5. The van der Waals surface area contributed by atoms with Gasteiger partial charge < -0.3 is 14.0 Å². The summed E-state index contributed by atoms with van der Waals surface area (Å²) >= 11 is 0. The number of cyclic esters (lactones) is 1. The van der Waals surface area contributed by atoms with Crippen molar-refractivity contribution in [3.63, 3.8) is 0 Å². The number of rotatable bonds is 8. The Balaban J connectivity index is 1.61. The van der Waals surface area contributed by atoms with E-state index in [1.54, 1.807) is 31.2 Å². The minimum atomic E-state index is -1.72. The second kappa shape index (κ2) is 9.42. The first kappa shape index (κ1) is 24.6. The van der Waals surface area contributed by atoms with Crippen molar-refractivity contribution in [2.45, 2.75) is 71.1 Å². The standard InChI is InChI=1S/C27H27N3O7/c1-3-5-6-7-11-23(31)37-27(4-2)19-13-22-24-16(14-29(22)25(32)18(19)15-36-26(27)33)12-17-20(28-24)9-8-10-21(17)30(34)35/h8-10,12-13H,3-7,11,14-15H2,1-2H3/t27-/m0/s1. The minimum absolute atomic E-state index is 0.0646. The molecule has 0 spiro atoms. The third-order valence-electron chi connectivity index (χ3n) is 7.22. The molecule has 0 saturated heterocycles. The molecule has 0 aliphatic carbocycles. The molecule has 0 saturated carbocycles. The number of ether oxygens (including phenoxy) is 2. The van der Waals surface area contributed by atoms with Gasteiger partial charge in [0.15, 0.2) is 0 Å². The summed E-state index contributed by atoms with van der Waals surface area (Å²) in [4.78, 5) is 55.1. The van der Waals surface area contributed by atoms with Crippen molar-refractivity contribution in [1.29, 1.82) is 0 Å². The molecule has 192 valence electrons. The normalized spacial score (nSPS) is 17.6. The number of non-ortho nitro benzene ring substituents is 1. The van der Waals surface area contributed by atoms with Crippen LogP contribution in [0.15, 0.2) is 35.1 Å². The van der Waals surface area contributed by atoms with Crippen LogP contribution in [-0.4, -0.2) is 26.4 Å². The summed E-state index contributed by atoms with van der Waals surface area (Å²) in [6.45, 7) is 3.74. The lowest BCUT2D eigenvalue weighted by Gasteiger charge is -2.35. The van der Waals surface area contributed by atoms with Gasteiger partial charge in [-0.2, -0.15) is 0 Å². The molecule has 0 radical (unpaired) electrons. The Morgan fingerprint density at radius 3 is 2.76 bits per heavy atom. The molecule has 5 rings (SSSR count). The number of unbranched alkanes of at least 4 members (excludes halogenated alkanes) is 3. The third-order valence-corrected chi connectivity index (χ3v) is 7.22. The monoisotopic (exact) mass is 505 g/mol. The molecule has 1 atom stereocenters. The van der Waals surface area contributed by atoms with Gasteiger partial charge in [-0.1, -0.05) is 39.2 Å². The summed E-state index contributed by atoms with van der Waals surface area (Å²) in [7, 11) is 0. The molecule has 0 N–H and O–H groups in total. The number of esters is 2. The predicted octanol–water partition coefficient (Wildman–Crippen LogP) is 4.51. The summed E-state index contributed by atoms with van der Waals surface area (Å²) in [5, 5.41) is 11.9. The molecule has 10 heteroatoms. The van der Waals surface area contributed by atoms with Crippen molar-refractivity contribution in [3.05, 3.63) is 67.5 Å². The number of nitrogens with zero attached hydrogens (tertiary/aromatic N) is 3. The Bertz CT molecular complexity index is 1510. The van der Waals surface area contributed by atoms with E-state index in [0.29, 0.717) is 39.8 Å². The van der Waals surface area contributed by atoms with Crippen molar-refractivity contribution >= 4 is 28.5 Å². The largest absolute Gasteiger partial charge is 0.457 e. The first-order valence-corrected chi connectivity index (χ1v) is 12.5. The molecular formula is C27H27N3O7. The van der Waals surface area contributed by atoms with Crippen molar-refractivity contribution < 1.29 is 24.0 Å². The van der Waals surface area contributed by atoms with E-state index in [-0.39, 0.29) is 42.8 Å². The van der Waals surface area contributed by atoms with Crippen LogP contribution in [0.3, 0.4) is 0 Å². The zero-order chi connectivity index (χ0) is 26.3. The van der Waals surface area contributed by atoms with Crippen LogP contribution in [0.1, 0.15) is 69.1 Å². The van der Waals surface area contributed by atoms with Gasteiger partial charge in [0.2, 0.25) is 5.60 Å². The van der Waals surface area contributed by atoms with Crippen molar-refractivity contribution in [1.82, 2.24) is 9.55 Å². The highest BCUT2D eigenvalue weighted by Crippen LogP contribution is 2.41. The number of hydrogen-bond acceptors (Lipinski definition) is 8. The van der Waals surface area contributed by atoms with Gasteiger partial charge in [0.05, 0.1) is 39.3 Å². The number of carbonyl (C=O) groups is 2. The first-order chi connectivity index (χ1) is 17.8. The Kier molecular flexibility index (Phi) is 6.26. The van der Waals surface area contributed by atoms with Crippen LogP contribution in [0.5, 0.6) is 0 Å². The van der Waals surface area contributed by atoms with Crippen LogP contribution in [0.25, 0.3) is 22.3 Å². The molecule has 37 heavy (non-hydrogen) atoms. The summed E-state index contributed by atoms with van der Waals surface area (Å²) in [5.74, 6) is -1.21. The minimum Gasteiger partial charge on any atom is -0.457 e. The van der Waals surface area contributed by atoms with Crippen LogP contribution < -0.4 is 5.56 Å². The van der Waals surface area contributed by atoms with Crippen molar-refractivity contribution in [2.24, 2.45) is 0 Å². The zero-order valence-corrected chi connectivity index (χ0v) is 20.7. The number of benzene rings is 1. The highest BCUT2D eigenvalue weighted by molar-refractivity contribution is 5.92. The topological polar surface area (TPSA) is 131 Å². The average Bonchev–Trinajstić information content (AvgIpc) is 3.24. The fourth-order valence-electron chi connectivity index (χ4n) is 5.24. The van der Waals surface area contributed by atoms with E-state index in [2.05, 4.69) is 11.9 Å². The van der Waals surface area contributed by atoms with E-state index >= 15 is 0 Å². The second-order valence-electron chi connectivity index (χ2n) is 9.45. The number of nitro benzene ring substituents is 1. The van der Waals surface area contributed by atoms with Crippen LogP contribution in [-0.2, 0) is 37.8 Å². The van der Waals surface area contributed by atoms with Gasteiger partial charge >= 0.3 is 11.9 Å². The van der Waals surface area contributed by atoms with Crippen LogP contribution in [0, 0.1) is 10.1 Å². The molecule has 4 heterocycles. The maximum Gasteiger partial charge on any atom is 0.355 e. The van der Waals surface area contributed by atoms with Gasteiger partial charge in [0, 0.05) is 23.6 Å². The molecule has 3 aromatic rings. The van der Waals surface area contributed by atoms with E-state index in [9.17, 15) is 24.5 Å². The van der Waals surface area contributed by atoms with E-state index in [1.165, 1.54) is 10.6 Å². The molecule has 0 amide bonds. The van der Waals surface area contributed by atoms with Gasteiger partial charge in [-0.15, -0.1) is 0 Å². The summed E-state index contributed by atoms with van der Waals surface area (Å²) in [5.41, 5.74) is 0.475. The smallest absolute Gasteiger partial charge is 0.355 e. The molecule has 0 fully saturated rings. The number of nitro groups is 1. The zero-order valence-electron chi connectivity index (χ0n) is 20.7. The van der Waals surface area contributed by atoms with E-state index in [4.69, 9.17) is 9.47 Å². The number of hydrogen-bond donors (Lipinski definition) is 0. The van der Waals surface area contributed by atoms with E-state index in [1.807, 2.05) is 0 Å². The summed E-state index contributed by atoms with van der Waals surface area (Å²) in [6.07, 6.45) is 3.84. The average molecular weight is 506 g/mol. The molecule has 0 unspecified atom stereocenters. The van der Waals surface area contributed by atoms with Crippen LogP contribution >= 0.6 is 0 Å². The fourth-order valence-corrected chi connectivity index (χ4v) is 5.24. The Labute approximate surface area is 212 Å². The van der Waals surface area contributed by atoms with Crippen molar-refractivity contribution in [3.8, 4) is 11.4 Å². The summed E-state index contributed by atoms with van der Waals surface area (Å²) < 4.78 is 12.7. The molecule has 10 nitrogen and oxygen atoms in total. The lowest BCUT2D eigenvalue weighted by Crippen LogP contribution is -2.47. The van der Waals surface area contributed by atoms with E-state index in [0.717, 1.165) is 19.3 Å². The van der Waals surface area contributed by atoms with Crippen molar-refractivity contribution in [2.75, 3.05) is 0 Å². The number of carbonyl (C=O) groups excluding carboxylic acids is 2. The van der Waals surface area contributed by atoms with Crippen LogP contribution in [0.4, 0.5) is 5.69 Å². The maximum atomic E-state index is 13.6. The van der Waals surface area contributed by atoms with Gasteiger partial charge in [0.25, 0.3) is 11.2 Å². The third kappa shape index (κ3) is 3.96. The maximum absolute atomic E-state index is 13.6. The lowest BCUT2D eigenvalue weighted by atomic mass is 9.85. The highest BCUT2D eigenvalue weighted by atomic mass is 16.6. The fraction of sp³-hybridized carbons (Fsp3) is 0.407. The van der Waals surface area contributed by atoms with Gasteiger partial charge in [0.1, 0.15) is 6.61 Å². The van der Waals surface area contributed by atoms with Gasteiger partial charge in [-0.05, 0) is 31.0 Å². The quantitative estimate of drug-likeness (QED) is 0.148. The Morgan fingerprint density at radius 1 is 1.22 bits per heavy atom. The molecular weight excluding hydrogens is 478 g/mol. The van der Waals surface area contributed by atoms with Gasteiger partial charge in [-0.25, -0.2) is 9.78 Å². The second-order valence-corrected chi connectivity index (χ2v) is 9.45. The first-order valence-electron chi connectivity index (χ1n) is 12.5. The Hall–Kier alpha value is -4.08. The molecule has 0 bridgehead atoms. The molecule has 2 aliphatic rings. The number of pyridine rings is 2. The number of aromatic nitrogens is 2. The van der Waals surface area contributed by atoms with Gasteiger partial charge in [-0.3, -0.25) is 19.7 Å². The Morgan fingerprint density at radius 2 is 2.03 bits per heavy atom. The molecule has 1 aromatic carbocycles. The van der Waals surface area contributed by atoms with E-state index < -0.39 is 22.5 Å². The highest BCUT2D eigenvalue weighted by Gasteiger charge is 2.50. The molecule has 2 aliphatic heterocycles.